The van der Waals surface area contributed by atoms with E-state index in [1.54, 1.807) is 17.1 Å². The summed E-state index contributed by atoms with van der Waals surface area (Å²) in [5, 5.41) is 14.5. The summed E-state index contributed by atoms with van der Waals surface area (Å²) in [5.74, 6) is 0.0124. The van der Waals surface area contributed by atoms with Crippen LogP contribution in [-0.4, -0.2) is 32.8 Å². The zero-order valence-electron chi connectivity index (χ0n) is 19.9. The Morgan fingerprint density at radius 2 is 1.82 bits per heavy atom. The molecule has 2 aromatic heterocycles. The number of Topliss-reactive ketones (excluding diaryl/α,β-unsaturated/α-hetero) is 1. The molecule has 174 valence electrons. The highest BCUT2D eigenvalue weighted by Gasteiger charge is 2.46. The Kier molecular flexibility index (Phi) is 5.83. The number of hydrogen-bond donors (Lipinski definition) is 0. The first-order valence-corrected chi connectivity index (χ1v) is 12.1. The van der Waals surface area contributed by atoms with Crippen molar-refractivity contribution in [3.8, 4) is 11.8 Å². The van der Waals surface area contributed by atoms with Crippen LogP contribution in [0.2, 0.25) is 0 Å². The lowest BCUT2D eigenvalue weighted by Crippen LogP contribution is -2.40. The Balaban J connectivity index is 1.29. The number of pyridine rings is 1. The molecule has 34 heavy (non-hydrogen) atoms. The van der Waals surface area contributed by atoms with Crippen molar-refractivity contribution in [2.75, 3.05) is 6.61 Å². The van der Waals surface area contributed by atoms with E-state index in [2.05, 4.69) is 16.2 Å². The van der Waals surface area contributed by atoms with Crippen LogP contribution in [0.15, 0.2) is 48.8 Å². The zero-order valence-corrected chi connectivity index (χ0v) is 19.9. The summed E-state index contributed by atoms with van der Waals surface area (Å²) in [4.78, 5) is 17.7. The quantitative estimate of drug-likeness (QED) is 0.495. The fourth-order valence-corrected chi connectivity index (χ4v) is 5.43. The molecule has 0 radical (unpaired) electrons. The Labute approximate surface area is 200 Å². The van der Waals surface area contributed by atoms with Gasteiger partial charge < -0.3 is 4.74 Å². The predicted octanol–water partition coefficient (Wildman–Crippen LogP) is 5.19. The predicted molar refractivity (Wildman–Crippen MR) is 129 cm³/mol. The van der Waals surface area contributed by atoms with Crippen LogP contribution in [-0.2, 0) is 16.6 Å². The second kappa shape index (κ2) is 8.81. The van der Waals surface area contributed by atoms with Crippen LogP contribution in [0.5, 0.6) is 0 Å². The van der Waals surface area contributed by atoms with Crippen molar-refractivity contribution in [1.82, 2.24) is 14.8 Å². The summed E-state index contributed by atoms with van der Waals surface area (Å²) in [6.07, 6.45) is 9.23. The molecule has 1 aromatic carbocycles. The van der Waals surface area contributed by atoms with Crippen LogP contribution in [0.25, 0.3) is 5.69 Å². The van der Waals surface area contributed by atoms with E-state index in [1.165, 1.54) is 5.56 Å². The van der Waals surface area contributed by atoms with Crippen molar-refractivity contribution < 1.29 is 9.53 Å². The van der Waals surface area contributed by atoms with Gasteiger partial charge in [0, 0.05) is 19.2 Å². The first-order chi connectivity index (χ1) is 16.4. The summed E-state index contributed by atoms with van der Waals surface area (Å²) < 4.78 is 7.83. The van der Waals surface area contributed by atoms with Crippen LogP contribution in [0.1, 0.15) is 71.4 Å². The minimum absolute atomic E-state index is 0.0124. The van der Waals surface area contributed by atoms with Gasteiger partial charge in [0.25, 0.3) is 0 Å². The topological polar surface area (TPSA) is 80.8 Å². The number of rotatable bonds is 5. The van der Waals surface area contributed by atoms with Gasteiger partial charge in [0.15, 0.2) is 5.78 Å². The van der Waals surface area contributed by atoms with Crippen molar-refractivity contribution >= 4 is 5.78 Å². The fourth-order valence-electron chi connectivity index (χ4n) is 5.43. The average molecular weight is 455 g/mol. The van der Waals surface area contributed by atoms with E-state index in [0.717, 1.165) is 67.8 Å². The standard InChI is InChI=1S/C28H30N4O2/c1-20-4-7-23(8-5-20)32-21(2)24(18-31-32)25(33)16-22-6-9-26(30-17-22)27(19-29)11-13-28(14-12-27)10-3-15-34-28/h4-9,17-18H,3,10-16H2,1-2H3. The molecule has 3 aromatic rings. The lowest BCUT2D eigenvalue weighted by molar-refractivity contribution is -0.0347. The molecule has 1 aliphatic carbocycles. The van der Waals surface area contributed by atoms with Crippen LogP contribution in [0.3, 0.4) is 0 Å². The Morgan fingerprint density at radius 1 is 1.06 bits per heavy atom. The third kappa shape index (κ3) is 4.05. The summed E-state index contributed by atoms with van der Waals surface area (Å²) in [7, 11) is 0. The number of aromatic nitrogens is 3. The van der Waals surface area contributed by atoms with Crippen molar-refractivity contribution in [2.24, 2.45) is 0 Å². The maximum absolute atomic E-state index is 13.0. The monoisotopic (exact) mass is 454 g/mol. The normalized spacial score (nSPS) is 24.3. The third-order valence-electron chi connectivity index (χ3n) is 7.68. The number of nitrogens with zero attached hydrogens (tertiary/aromatic N) is 4. The van der Waals surface area contributed by atoms with E-state index in [4.69, 9.17) is 4.74 Å². The molecular formula is C28H30N4O2. The highest BCUT2D eigenvalue weighted by atomic mass is 16.5. The zero-order chi connectivity index (χ0) is 23.8. The van der Waals surface area contributed by atoms with E-state index >= 15 is 0 Å². The van der Waals surface area contributed by atoms with E-state index < -0.39 is 5.41 Å². The van der Waals surface area contributed by atoms with E-state index in [9.17, 15) is 10.1 Å². The Morgan fingerprint density at radius 3 is 2.44 bits per heavy atom. The molecule has 1 saturated carbocycles. The Hall–Kier alpha value is -3.30. The summed E-state index contributed by atoms with van der Waals surface area (Å²) in [5.41, 5.74) is 4.63. The second-order valence-corrected chi connectivity index (χ2v) is 9.87. The number of ether oxygens (including phenoxy) is 1. The first-order valence-electron chi connectivity index (χ1n) is 12.1. The fraction of sp³-hybridized carbons (Fsp3) is 0.429. The number of aryl methyl sites for hydroxylation is 1. The number of hydrogen-bond acceptors (Lipinski definition) is 5. The molecular weight excluding hydrogens is 424 g/mol. The molecule has 0 atom stereocenters. The molecule has 5 rings (SSSR count). The molecule has 1 saturated heterocycles. The van der Waals surface area contributed by atoms with Gasteiger partial charge in [0.05, 0.1) is 45.9 Å². The first kappa shape index (κ1) is 22.5. The highest BCUT2D eigenvalue weighted by Crippen LogP contribution is 2.47. The smallest absolute Gasteiger partial charge is 0.170 e. The maximum Gasteiger partial charge on any atom is 0.170 e. The van der Waals surface area contributed by atoms with Gasteiger partial charge in [0.2, 0.25) is 0 Å². The molecule has 2 aliphatic rings. The number of carbonyl (C=O) groups is 1. The van der Waals surface area contributed by atoms with E-state index in [0.29, 0.717) is 5.56 Å². The molecule has 0 amide bonds. The Bertz CT molecular complexity index is 1220. The molecule has 6 nitrogen and oxygen atoms in total. The molecule has 3 heterocycles. The molecule has 0 bridgehead atoms. The van der Waals surface area contributed by atoms with Gasteiger partial charge in [-0.15, -0.1) is 0 Å². The lowest BCUT2D eigenvalue weighted by Gasteiger charge is -2.40. The van der Waals surface area contributed by atoms with Crippen molar-refractivity contribution in [2.45, 2.75) is 69.8 Å². The summed E-state index contributed by atoms with van der Waals surface area (Å²) in [6, 6.07) is 14.5. The minimum atomic E-state index is -0.564. The number of ketones is 1. The van der Waals surface area contributed by atoms with Crippen molar-refractivity contribution in [3.05, 3.63) is 76.9 Å². The van der Waals surface area contributed by atoms with E-state index in [1.807, 2.05) is 50.2 Å². The third-order valence-corrected chi connectivity index (χ3v) is 7.68. The van der Waals surface area contributed by atoms with Gasteiger partial charge in [-0.2, -0.15) is 10.4 Å². The van der Waals surface area contributed by atoms with Gasteiger partial charge >= 0.3 is 0 Å². The summed E-state index contributed by atoms with van der Waals surface area (Å²) >= 11 is 0. The molecule has 0 N–H and O–H groups in total. The molecule has 6 heteroatoms. The maximum atomic E-state index is 13.0. The second-order valence-electron chi connectivity index (χ2n) is 9.87. The van der Waals surface area contributed by atoms with Gasteiger partial charge in [0.1, 0.15) is 0 Å². The molecule has 2 fully saturated rings. The van der Waals surface area contributed by atoms with E-state index in [-0.39, 0.29) is 17.8 Å². The van der Waals surface area contributed by atoms with Gasteiger partial charge in [-0.25, -0.2) is 4.68 Å². The van der Waals surface area contributed by atoms with Crippen molar-refractivity contribution in [1.29, 1.82) is 5.26 Å². The van der Waals surface area contributed by atoms with Crippen LogP contribution < -0.4 is 0 Å². The van der Waals surface area contributed by atoms with Gasteiger partial charge in [-0.3, -0.25) is 9.78 Å². The number of nitriles is 1. The largest absolute Gasteiger partial charge is 0.375 e. The summed E-state index contributed by atoms with van der Waals surface area (Å²) in [6.45, 7) is 4.80. The minimum Gasteiger partial charge on any atom is -0.375 e. The highest BCUT2D eigenvalue weighted by molar-refractivity contribution is 5.98. The van der Waals surface area contributed by atoms with Gasteiger partial charge in [-0.1, -0.05) is 23.8 Å². The number of benzene rings is 1. The molecule has 1 aliphatic heterocycles. The lowest BCUT2D eigenvalue weighted by atomic mass is 9.67. The number of carbonyl (C=O) groups excluding carboxylic acids is 1. The van der Waals surface area contributed by atoms with Gasteiger partial charge in [-0.05, 0) is 76.1 Å². The van der Waals surface area contributed by atoms with Crippen molar-refractivity contribution in [3.63, 3.8) is 0 Å². The average Bonchev–Trinajstić information content (AvgIpc) is 3.48. The molecule has 1 spiro atoms. The van der Waals surface area contributed by atoms with Crippen LogP contribution in [0, 0.1) is 25.2 Å². The van der Waals surface area contributed by atoms with Crippen LogP contribution >= 0.6 is 0 Å². The van der Waals surface area contributed by atoms with Crippen LogP contribution in [0.4, 0.5) is 0 Å². The molecule has 0 unspecified atom stereocenters. The SMILES string of the molecule is Cc1ccc(-n2ncc(C(=O)Cc3ccc(C4(C#N)CCC5(CCCO5)CC4)nc3)c2C)cc1.